The Kier molecular flexibility index (Phi) is 3.69. The van der Waals surface area contributed by atoms with Crippen LogP contribution in [0.3, 0.4) is 0 Å². The molecule has 2 aromatic carbocycles. The van der Waals surface area contributed by atoms with E-state index in [4.69, 9.17) is 5.73 Å². The van der Waals surface area contributed by atoms with Crippen molar-refractivity contribution in [2.24, 2.45) is 5.73 Å². The molecule has 1 aromatic heterocycles. The largest absolute Gasteiger partial charge is 0.508 e. The minimum atomic E-state index is -0.510. The number of nitrogens with zero attached hydrogens (tertiary/aromatic N) is 3. The molecular weight excluding hydrogens is 330 g/mol. The molecular formula is C19H17N5O2. The minimum Gasteiger partial charge on any atom is -0.508 e. The summed E-state index contributed by atoms with van der Waals surface area (Å²) in [5.74, 6) is 0.585. The number of aromatic hydroxyl groups is 1. The topological polar surface area (TPSA) is 106 Å². The van der Waals surface area contributed by atoms with Gasteiger partial charge in [-0.1, -0.05) is 42.5 Å². The summed E-state index contributed by atoms with van der Waals surface area (Å²) in [5.41, 5.74) is 8.30. The molecule has 3 aromatic rings. The highest BCUT2D eigenvalue weighted by Crippen LogP contribution is 2.36. The van der Waals surface area contributed by atoms with Gasteiger partial charge in [0.15, 0.2) is 5.82 Å². The number of primary amides is 1. The molecule has 7 heteroatoms. The van der Waals surface area contributed by atoms with Crippen LogP contribution in [0.1, 0.15) is 18.5 Å². The first kappa shape index (κ1) is 15.9. The van der Waals surface area contributed by atoms with Crippen molar-refractivity contribution in [1.82, 2.24) is 14.8 Å². The van der Waals surface area contributed by atoms with E-state index >= 15 is 0 Å². The molecule has 0 aliphatic carbocycles. The molecule has 130 valence electrons. The second kappa shape index (κ2) is 6.03. The van der Waals surface area contributed by atoms with Gasteiger partial charge in [-0.15, -0.1) is 5.10 Å². The van der Waals surface area contributed by atoms with E-state index < -0.39 is 11.9 Å². The number of fused-ring (bicyclic) bond motifs is 1. The van der Waals surface area contributed by atoms with E-state index in [1.165, 1.54) is 0 Å². The molecule has 4 N–H and O–H groups in total. The number of hydrogen-bond donors (Lipinski definition) is 3. The van der Waals surface area contributed by atoms with E-state index in [0.717, 1.165) is 5.56 Å². The number of nitrogens with two attached hydrogens (primary N) is 1. The number of rotatable bonds is 3. The third-order valence-corrected chi connectivity index (χ3v) is 4.34. The standard InChI is InChI=1S/C19H17N5O2/c1-11-15(17(20)26)16(12-6-3-2-4-7-12)24-19(21-11)22-18(23-24)13-8-5-9-14(25)10-13/h2-10,16,25H,1H3,(H2,20,26)(H,21,22,23)/t16-/m1/s1. The maximum Gasteiger partial charge on any atom is 0.248 e. The van der Waals surface area contributed by atoms with E-state index in [-0.39, 0.29) is 5.75 Å². The summed E-state index contributed by atoms with van der Waals surface area (Å²) < 4.78 is 1.65. The highest BCUT2D eigenvalue weighted by atomic mass is 16.3. The molecule has 1 aliphatic rings. The molecule has 0 radical (unpaired) electrons. The van der Waals surface area contributed by atoms with Crippen molar-refractivity contribution in [1.29, 1.82) is 0 Å². The predicted molar refractivity (Wildman–Crippen MR) is 97.2 cm³/mol. The fourth-order valence-electron chi connectivity index (χ4n) is 3.18. The quantitative estimate of drug-likeness (QED) is 0.675. The number of aromatic nitrogens is 3. The first-order chi connectivity index (χ1) is 12.5. The van der Waals surface area contributed by atoms with Crippen LogP contribution in [0.2, 0.25) is 0 Å². The number of hydrogen-bond acceptors (Lipinski definition) is 5. The first-order valence-electron chi connectivity index (χ1n) is 8.13. The van der Waals surface area contributed by atoms with E-state index in [2.05, 4.69) is 15.4 Å². The number of phenolic OH excluding ortho intramolecular Hbond substituents is 1. The van der Waals surface area contributed by atoms with E-state index in [1.54, 1.807) is 29.8 Å². The molecule has 2 heterocycles. The zero-order valence-electron chi connectivity index (χ0n) is 14.0. The third-order valence-electron chi connectivity index (χ3n) is 4.34. The fourth-order valence-corrected chi connectivity index (χ4v) is 3.18. The van der Waals surface area contributed by atoms with Gasteiger partial charge in [-0.25, -0.2) is 4.68 Å². The van der Waals surface area contributed by atoms with Crippen LogP contribution in [0.5, 0.6) is 5.75 Å². The Morgan fingerprint density at radius 3 is 2.65 bits per heavy atom. The van der Waals surface area contributed by atoms with E-state index in [9.17, 15) is 9.90 Å². The molecule has 0 bridgehead atoms. The minimum absolute atomic E-state index is 0.134. The van der Waals surface area contributed by atoms with Crippen LogP contribution in [0.4, 0.5) is 5.95 Å². The van der Waals surface area contributed by atoms with Crippen molar-refractivity contribution in [2.75, 3.05) is 5.32 Å². The Balaban J connectivity index is 1.89. The summed E-state index contributed by atoms with van der Waals surface area (Å²) >= 11 is 0. The van der Waals surface area contributed by atoms with Crippen molar-refractivity contribution in [3.05, 3.63) is 71.4 Å². The normalized spacial score (nSPS) is 16.1. The highest BCUT2D eigenvalue weighted by molar-refractivity contribution is 5.95. The molecule has 7 nitrogen and oxygen atoms in total. The van der Waals surface area contributed by atoms with Crippen LogP contribution in [-0.2, 0) is 4.79 Å². The molecule has 0 unspecified atom stereocenters. The van der Waals surface area contributed by atoms with E-state index in [1.807, 2.05) is 36.4 Å². The van der Waals surface area contributed by atoms with Gasteiger partial charge in [-0.2, -0.15) is 4.98 Å². The van der Waals surface area contributed by atoms with Crippen LogP contribution in [0, 0.1) is 0 Å². The Morgan fingerprint density at radius 2 is 1.96 bits per heavy atom. The summed E-state index contributed by atoms with van der Waals surface area (Å²) in [5, 5.41) is 17.4. The molecule has 1 amide bonds. The lowest BCUT2D eigenvalue weighted by molar-refractivity contribution is -0.115. The molecule has 4 rings (SSSR count). The maximum atomic E-state index is 12.1. The second-order valence-corrected chi connectivity index (χ2v) is 6.10. The smallest absolute Gasteiger partial charge is 0.248 e. The highest BCUT2D eigenvalue weighted by Gasteiger charge is 2.33. The summed E-state index contributed by atoms with van der Waals surface area (Å²) in [7, 11) is 0. The van der Waals surface area contributed by atoms with Crippen LogP contribution in [0.25, 0.3) is 11.4 Å². The van der Waals surface area contributed by atoms with Gasteiger partial charge in [0.05, 0.1) is 5.57 Å². The number of amides is 1. The van der Waals surface area contributed by atoms with Crippen molar-refractivity contribution < 1.29 is 9.90 Å². The number of carbonyl (C=O) groups is 1. The molecule has 0 spiro atoms. The first-order valence-corrected chi connectivity index (χ1v) is 8.13. The lowest BCUT2D eigenvalue weighted by Crippen LogP contribution is -2.31. The van der Waals surface area contributed by atoms with Crippen LogP contribution in [0.15, 0.2) is 65.9 Å². The van der Waals surface area contributed by atoms with Gasteiger partial charge in [-0.05, 0) is 24.6 Å². The number of nitrogens with one attached hydrogen (secondary N) is 1. The number of phenols is 1. The number of anilines is 1. The van der Waals surface area contributed by atoms with Crippen molar-refractivity contribution in [3.63, 3.8) is 0 Å². The zero-order chi connectivity index (χ0) is 18.3. The molecule has 0 fully saturated rings. The average Bonchev–Trinajstić information content (AvgIpc) is 3.04. The molecule has 0 saturated heterocycles. The molecule has 1 atom stereocenters. The van der Waals surface area contributed by atoms with Crippen molar-refractivity contribution >= 4 is 11.9 Å². The van der Waals surface area contributed by atoms with Crippen LogP contribution < -0.4 is 11.1 Å². The predicted octanol–water partition coefficient (Wildman–Crippen LogP) is 2.42. The lowest BCUT2D eigenvalue weighted by atomic mass is 9.95. The van der Waals surface area contributed by atoms with Crippen LogP contribution in [-0.4, -0.2) is 25.8 Å². The fraction of sp³-hybridized carbons (Fsp3) is 0.105. The molecule has 26 heavy (non-hydrogen) atoms. The van der Waals surface area contributed by atoms with Crippen molar-refractivity contribution in [3.8, 4) is 17.1 Å². The summed E-state index contributed by atoms with van der Waals surface area (Å²) in [6.07, 6.45) is 0. The monoisotopic (exact) mass is 347 g/mol. The third kappa shape index (κ3) is 2.59. The van der Waals surface area contributed by atoms with Crippen LogP contribution >= 0.6 is 0 Å². The van der Waals surface area contributed by atoms with Gasteiger partial charge in [0.2, 0.25) is 11.9 Å². The Labute approximate surface area is 149 Å². The zero-order valence-corrected chi connectivity index (χ0v) is 14.0. The van der Waals surface area contributed by atoms with Gasteiger partial charge in [0.25, 0.3) is 0 Å². The second-order valence-electron chi connectivity index (χ2n) is 6.10. The number of carbonyl (C=O) groups excluding carboxylic acids is 1. The summed E-state index contributed by atoms with van der Waals surface area (Å²) in [6, 6.07) is 15.8. The number of allylic oxidation sites excluding steroid dienone is 1. The average molecular weight is 347 g/mol. The van der Waals surface area contributed by atoms with Gasteiger partial charge >= 0.3 is 0 Å². The molecule has 0 saturated carbocycles. The summed E-state index contributed by atoms with van der Waals surface area (Å²) in [6.45, 7) is 1.79. The Hall–Kier alpha value is -3.61. The summed E-state index contributed by atoms with van der Waals surface area (Å²) in [4.78, 5) is 16.6. The maximum absolute atomic E-state index is 12.1. The van der Waals surface area contributed by atoms with E-state index in [0.29, 0.717) is 28.6 Å². The SMILES string of the molecule is CC1=C(C(N)=O)[C@@H](c2ccccc2)n2nc(-c3cccc(O)c3)nc2N1. The Bertz CT molecular complexity index is 1020. The van der Waals surface area contributed by atoms with Gasteiger partial charge in [0, 0.05) is 11.3 Å². The number of benzene rings is 2. The van der Waals surface area contributed by atoms with Gasteiger partial charge in [-0.3, -0.25) is 4.79 Å². The lowest BCUT2D eigenvalue weighted by Gasteiger charge is -2.27. The van der Waals surface area contributed by atoms with Crippen molar-refractivity contribution in [2.45, 2.75) is 13.0 Å². The van der Waals surface area contributed by atoms with Gasteiger partial charge < -0.3 is 16.2 Å². The molecule has 1 aliphatic heterocycles. The Morgan fingerprint density at radius 1 is 1.19 bits per heavy atom. The van der Waals surface area contributed by atoms with Gasteiger partial charge in [0.1, 0.15) is 11.8 Å².